The number of imidazole rings is 1. The van der Waals surface area contributed by atoms with Crippen LogP contribution >= 0.6 is 0 Å². The van der Waals surface area contributed by atoms with Crippen LogP contribution in [0.25, 0.3) is 16.9 Å². The number of rotatable bonds is 6. The van der Waals surface area contributed by atoms with Gasteiger partial charge in [-0.25, -0.2) is 14.3 Å². The number of benzene rings is 2. The van der Waals surface area contributed by atoms with Crippen LogP contribution in [0, 0.1) is 11.3 Å². The van der Waals surface area contributed by atoms with E-state index < -0.39 is 11.7 Å². The first kappa shape index (κ1) is 25.7. The maximum absolute atomic E-state index is 12.7. The maximum Gasteiger partial charge on any atom is 0.407 e. The summed E-state index contributed by atoms with van der Waals surface area (Å²) in [5, 5.41) is 16.5. The molecular formula is C29H28N6O4. The van der Waals surface area contributed by atoms with Gasteiger partial charge in [-0.3, -0.25) is 4.79 Å². The lowest BCUT2D eigenvalue weighted by atomic mass is 10.1. The maximum atomic E-state index is 12.7. The number of aromatic nitrogens is 3. The smallest absolute Gasteiger partial charge is 0.407 e. The van der Waals surface area contributed by atoms with Gasteiger partial charge in [0.1, 0.15) is 12.2 Å². The number of carbonyl (C=O) groups excluding carboxylic acids is 2. The fourth-order valence-electron chi connectivity index (χ4n) is 4.36. The topological polar surface area (TPSA) is 122 Å². The third-order valence-corrected chi connectivity index (χ3v) is 6.10. The minimum absolute atomic E-state index is 0.0672. The second kappa shape index (κ2) is 10.5. The largest absolute Gasteiger partial charge is 0.472 e. The highest BCUT2D eigenvalue weighted by atomic mass is 16.6. The Morgan fingerprint density at radius 3 is 2.69 bits per heavy atom. The van der Waals surface area contributed by atoms with E-state index in [1.807, 2.05) is 42.5 Å². The first-order chi connectivity index (χ1) is 18.7. The highest BCUT2D eigenvalue weighted by Gasteiger charge is 2.32. The molecular weight excluding hydrogens is 496 g/mol. The Bertz CT molecular complexity index is 1570. The van der Waals surface area contributed by atoms with Gasteiger partial charge in [-0.15, -0.1) is 5.10 Å². The molecule has 3 heterocycles. The molecule has 10 nitrogen and oxygen atoms in total. The van der Waals surface area contributed by atoms with Crippen LogP contribution in [0.3, 0.4) is 0 Å². The third-order valence-electron chi connectivity index (χ3n) is 6.10. The predicted octanol–water partition coefficient (Wildman–Crippen LogP) is 4.48. The van der Waals surface area contributed by atoms with E-state index in [0.717, 1.165) is 22.5 Å². The van der Waals surface area contributed by atoms with Crippen LogP contribution in [0.4, 0.5) is 10.5 Å². The second-order valence-corrected chi connectivity index (χ2v) is 10.3. The molecule has 2 aromatic heterocycles. The van der Waals surface area contributed by atoms with E-state index in [2.05, 4.69) is 21.5 Å². The lowest BCUT2D eigenvalue weighted by Gasteiger charge is -2.22. The van der Waals surface area contributed by atoms with Crippen molar-refractivity contribution in [2.24, 2.45) is 0 Å². The number of amides is 2. The molecule has 1 fully saturated rings. The number of ether oxygens (including phenoxy) is 2. The zero-order valence-corrected chi connectivity index (χ0v) is 21.9. The first-order valence-electron chi connectivity index (χ1n) is 12.6. The highest BCUT2D eigenvalue weighted by molar-refractivity contribution is 5.96. The SMILES string of the molecule is CC(C)(C)OC(=O)NC1CC(=O)N(c2ccc(-c3cnc4ccc(OCc5cccc(C#N)c5)nn34)cc2)C1. The summed E-state index contributed by atoms with van der Waals surface area (Å²) in [6.07, 6.45) is 1.41. The molecule has 198 valence electrons. The number of carbonyl (C=O) groups is 2. The number of alkyl carbamates (subject to hydrolysis) is 1. The zero-order valence-electron chi connectivity index (χ0n) is 21.9. The molecule has 1 saturated heterocycles. The number of nitriles is 1. The van der Waals surface area contributed by atoms with Gasteiger partial charge in [0.15, 0.2) is 5.65 Å². The molecule has 5 rings (SSSR count). The van der Waals surface area contributed by atoms with Gasteiger partial charge in [0.05, 0.1) is 29.6 Å². The molecule has 0 saturated carbocycles. The molecule has 2 amide bonds. The van der Waals surface area contributed by atoms with Crippen LogP contribution in [0.15, 0.2) is 66.9 Å². The van der Waals surface area contributed by atoms with Crippen LogP contribution in [0.5, 0.6) is 5.88 Å². The van der Waals surface area contributed by atoms with E-state index >= 15 is 0 Å². The van der Waals surface area contributed by atoms with Gasteiger partial charge in [-0.2, -0.15) is 5.26 Å². The van der Waals surface area contributed by atoms with Gasteiger partial charge in [-0.1, -0.05) is 24.3 Å². The Morgan fingerprint density at radius 2 is 1.95 bits per heavy atom. The molecule has 1 unspecified atom stereocenters. The molecule has 1 N–H and O–H groups in total. The van der Waals surface area contributed by atoms with E-state index in [4.69, 9.17) is 14.7 Å². The van der Waals surface area contributed by atoms with Crippen LogP contribution in [-0.2, 0) is 16.1 Å². The van der Waals surface area contributed by atoms with Crippen molar-refractivity contribution in [2.75, 3.05) is 11.4 Å². The Kier molecular flexibility index (Phi) is 6.90. The monoisotopic (exact) mass is 524 g/mol. The number of nitrogens with one attached hydrogen (secondary N) is 1. The normalized spacial score (nSPS) is 15.3. The summed E-state index contributed by atoms with van der Waals surface area (Å²) in [7, 11) is 0. The number of nitrogens with zero attached hydrogens (tertiary/aromatic N) is 5. The van der Waals surface area contributed by atoms with Crippen molar-refractivity contribution in [2.45, 2.75) is 45.4 Å². The highest BCUT2D eigenvalue weighted by Crippen LogP contribution is 2.27. The standard InChI is InChI=1S/C29H28N6O4/c1-29(2,3)39-28(37)32-22-14-27(36)34(17-22)23-9-7-21(8-10-23)24-16-31-25-11-12-26(33-35(24)25)38-18-20-6-4-5-19(13-20)15-30/h4-13,16,22H,14,17-18H2,1-3H3,(H,32,37). The summed E-state index contributed by atoms with van der Waals surface area (Å²) in [6, 6.07) is 20.2. The molecule has 0 bridgehead atoms. The van der Waals surface area contributed by atoms with Gasteiger partial charge in [0.2, 0.25) is 11.8 Å². The van der Waals surface area contributed by atoms with Crippen molar-refractivity contribution in [1.82, 2.24) is 19.9 Å². The summed E-state index contributed by atoms with van der Waals surface area (Å²) in [6.45, 7) is 6.03. The van der Waals surface area contributed by atoms with Crippen LogP contribution in [0.2, 0.25) is 0 Å². The predicted molar refractivity (Wildman–Crippen MR) is 144 cm³/mol. The van der Waals surface area contributed by atoms with Crippen molar-refractivity contribution in [3.63, 3.8) is 0 Å². The average molecular weight is 525 g/mol. The quantitative estimate of drug-likeness (QED) is 0.395. The Balaban J connectivity index is 1.28. The Labute approximate surface area is 225 Å². The van der Waals surface area contributed by atoms with Crippen molar-refractivity contribution < 1.29 is 19.1 Å². The number of hydrogen-bond donors (Lipinski definition) is 1. The van der Waals surface area contributed by atoms with Crippen LogP contribution in [0.1, 0.15) is 38.3 Å². The molecule has 0 radical (unpaired) electrons. The summed E-state index contributed by atoms with van der Waals surface area (Å²) in [4.78, 5) is 30.9. The molecule has 1 aliphatic heterocycles. The molecule has 0 spiro atoms. The Hall–Kier alpha value is -4.91. The molecule has 4 aromatic rings. The fraction of sp³-hybridized carbons (Fsp3) is 0.276. The summed E-state index contributed by atoms with van der Waals surface area (Å²) in [5.74, 6) is 0.356. The first-order valence-corrected chi connectivity index (χ1v) is 12.6. The Morgan fingerprint density at radius 1 is 1.15 bits per heavy atom. The van der Waals surface area contributed by atoms with Gasteiger partial charge in [-0.05, 0) is 56.7 Å². The van der Waals surface area contributed by atoms with E-state index in [1.54, 1.807) is 54.6 Å². The average Bonchev–Trinajstić information content (AvgIpc) is 3.49. The molecule has 10 heteroatoms. The van der Waals surface area contributed by atoms with Gasteiger partial charge >= 0.3 is 6.09 Å². The molecule has 0 aliphatic carbocycles. The number of anilines is 1. The third kappa shape index (κ3) is 5.99. The fourth-order valence-corrected chi connectivity index (χ4v) is 4.36. The van der Waals surface area contributed by atoms with Gasteiger partial charge in [0, 0.05) is 30.3 Å². The van der Waals surface area contributed by atoms with Gasteiger partial charge < -0.3 is 19.7 Å². The van der Waals surface area contributed by atoms with Crippen LogP contribution in [-0.4, -0.2) is 44.8 Å². The van der Waals surface area contributed by atoms with Crippen molar-refractivity contribution in [3.05, 3.63) is 78.0 Å². The zero-order chi connectivity index (χ0) is 27.6. The minimum atomic E-state index is -0.605. The van der Waals surface area contributed by atoms with E-state index in [1.165, 1.54) is 0 Å². The minimum Gasteiger partial charge on any atom is -0.472 e. The summed E-state index contributed by atoms with van der Waals surface area (Å²) in [5.41, 5.74) is 3.88. The van der Waals surface area contributed by atoms with E-state index in [9.17, 15) is 9.59 Å². The lowest BCUT2D eigenvalue weighted by molar-refractivity contribution is -0.117. The summed E-state index contributed by atoms with van der Waals surface area (Å²) >= 11 is 0. The molecule has 39 heavy (non-hydrogen) atoms. The molecule has 1 aliphatic rings. The number of hydrogen-bond acceptors (Lipinski definition) is 7. The van der Waals surface area contributed by atoms with E-state index in [0.29, 0.717) is 23.6 Å². The number of fused-ring (bicyclic) bond motifs is 1. The second-order valence-electron chi connectivity index (χ2n) is 10.3. The van der Waals surface area contributed by atoms with Gasteiger partial charge in [0.25, 0.3) is 0 Å². The van der Waals surface area contributed by atoms with Crippen LogP contribution < -0.4 is 15.0 Å². The van der Waals surface area contributed by atoms with E-state index in [-0.39, 0.29) is 25.0 Å². The lowest BCUT2D eigenvalue weighted by Crippen LogP contribution is -2.40. The molecule has 1 atom stereocenters. The molecule has 2 aromatic carbocycles. The van der Waals surface area contributed by atoms with Crippen molar-refractivity contribution in [3.8, 4) is 23.2 Å². The van der Waals surface area contributed by atoms with Crippen molar-refractivity contribution in [1.29, 1.82) is 5.26 Å². The summed E-state index contributed by atoms with van der Waals surface area (Å²) < 4.78 is 12.9. The van der Waals surface area contributed by atoms with Crippen molar-refractivity contribution >= 4 is 23.3 Å².